The maximum Gasteiger partial charge on any atom is 0.257 e. The molecule has 100 valence electrons. The van der Waals surface area contributed by atoms with Gasteiger partial charge in [0.1, 0.15) is 5.01 Å². The molecule has 1 amide bonds. The number of hydrogen-bond acceptors (Lipinski definition) is 5. The first kappa shape index (κ1) is 14.0. The van der Waals surface area contributed by atoms with Crippen molar-refractivity contribution >= 4 is 34.1 Å². The molecule has 1 aromatic carbocycles. The normalized spacial score (nSPS) is 10.5. The van der Waals surface area contributed by atoms with Crippen LogP contribution in [0.4, 0.5) is 5.13 Å². The first-order valence-corrected chi connectivity index (χ1v) is 7.96. The number of carbonyl (C=O) groups excluding carboxylic acids is 1. The average Bonchev–Trinajstić information content (AvgIpc) is 2.87. The third-order valence-electron chi connectivity index (χ3n) is 2.68. The van der Waals surface area contributed by atoms with Crippen molar-refractivity contribution in [2.45, 2.75) is 25.2 Å². The molecule has 0 aliphatic rings. The second-order valence-corrected chi connectivity index (χ2v) is 5.93. The van der Waals surface area contributed by atoms with Gasteiger partial charge in [0.25, 0.3) is 5.91 Å². The molecule has 6 heteroatoms. The van der Waals surface area contributed by atoms with Crippen molar-refractivity contribution in [3.63, 3.8) is 0 Å². The van der Waals surface area contributed by atoms with E-state index >= 15 is 0 Å². The summed E-state index contributed by atoms with van der Waals surface area (Å²) in [5, 5.41) is 12.2. The molecule has 0 fully saturated rings. The number of nitrogens with zero attached hydrogens (tertiary/aromatic N) is 2. The summed E-state index contributed by atoms with van der Waals surface area (Å²) in [7, 11) is 0. The summed E-state index contributed by atoms with van der Waals surface area (Å²) in [6.07, 6.45) is 2.82. The minimum Gasteiger partial charge on any atom is -0.296 e. The van der Waals surface area contributed by atoms with Crippen LogP contribution in [0.25, 0.3) is 0 Å². The molecule has 0 spiro atoms. The van der Waals surface area contributed by atoms with Crippen LogP contribution in [0.3, 0.4) is 0 Å². The number of hydrogen-bond donors (Lipinski definition) is 1. The molecule has 1 N–H and O–H groups in total. The highest BCUT2D eigenvalue weighted by Crippen LogP contribution is 2.21. The van der Waals surface area contributed by atoms with Gasteiger partial charge < -0.3 is 0 Å². The van der Waals surface area contributed by atoms with E-state index in [2.05, 4.69) is 15.5 Å². The van der Waals surface area contributed by atoms with E-state index < -0.39 is 0 Å². The quantitative estimate of drug-likeness (QED) is 0.878. The summed E-state index contributed by atoms with van der Waals surface area (Å²) in [5.74, 6) is -0.132. The van der Waals surface area contributed by atoms with Crippen molar-refractivity contribution < 1.29 is 4.79 Å². The monoisotopic (exact) mass is 293 g/mol. The second-order valence-electron chi connectivity index (χ2n) is 3.99. The summed E-state index contributed by atoms with van der Waals surface area (Å²) >= 11 is 3.03. The molecule has 1 heterocycles. The third kappa shape index (κ3) is 3.33. The lowest BCUT2D eigenvalue weighted by Gasteiger charge is -2.06. The number of rotatable bonds is 4. The van der Waals surface area contributed by atoms with Crippen LogP contribution < -0.4 is 5.32 Å². The Balaban J connectivity index is 2.19. The summed E-state index contributed by atoms with van der Waals surface area (Å²) in [6.45, 7) is 3.94. The zero-order valence-corrected chi connectivity index (χ0v) is 12.7. The molecule has 2 aromatic rings. The predicted molar refractivity (Wildman–Crippen MR) is 80.2 cm³/mol. The Labute approximate surface area is 120 Å². The molecule has 0 aliphatic heterocycles. The van der Waals surface area contributed by atoms with Crippen molar-refractivity contribution in [1.29, 1.82) is 0 Å². The van der Waals surface area contributed by atoms with E-state index in [1.807, 2.05) is 38.3 Å². The Bertz CT molecular complexity index is 595. The SMILES string of the molecule is CCc1nnc(NC(=O)c2cc(SC)ccc2C)s1. The van der Waals surface area contributed by atoms with Gasteiger partial charge in [-0.3, -0.25) is 10.1 Å². The van der Waals surface area contributed by atoms with Crippen molar-refractivity contribution in [2.24, 2.45) is 0 Å². The van der Waals surface area contributed by atoms with E-state index in [0.29, 0.717) is 10.7 Å². The van der Waals surface area contributed by atoms with Gasteiger partial charge in [-0.1, -0.05) is 24.3 Å². The Morgan fingerprint density at radius 2 is 2.21 bits per heavy atom. The number of carbonyl (C=O) groups is 1. The zero-order valence-electron chi connectivity index (χ0n) is 11.1. The zero-order chi connectivity index (χ0) is 13.8. The van der Waals surface area contributed by atoms with Gasteiger partial charge in [0.2, 0.25) is 5.13 Å². The standard InChI is InChI=1S/C13H15N3OS2/c1-4-11-15-16-13(19-11)14-12(17)10-7-9(18-3)6-5-8(10)2/h5-7H,4H2,1-3H3,(H,14,16,17). The lowest BCUT2D eigenvalue weighted by molar-refractivity contribution is 0.102. The van der Waals surface area contributed by atoms with Crippen LogP contribution in [-0.4, -0.2) is 22.4 Å². The van der Waals surface area contributed by atoms with Gasteiger partial charge in [0.15, 0.2) is 0 Å². The van der Waals surface area contributed by atoms with E-state index in [4.69, 9.17) is 0 Å². The van der Waals surface area contributed by atoms with Crippen LogP contribution in [0.15, 0.2) is 23.1 Å². The lowest BCUT2D eigenvalue weighted by atomic mass is 10.1. The van der Waals surface area contributed by atoms with Gasteiger partial charge >= 0.3 is 0 Å². The summed E-state index contributed by atoms with van der Waals surface area (Å²) in [4.78, 5) is 13.3. The third-order valence-corrected chi connectivity index (χ3v) is 4.39. The largest absolute Gasteiger partial charge is 0.296 e. The minimum absolute atomic E-state index is 0.132. The topological polar surface area (TPSA) is 54.9 Å². The first-order chi connectivity index (χ1) is 9.13. The summed E-state index contributed by atoms with van der Waals surface area (Å²) in [5.41, 5.74) is 1.63. The van der Waals surface area contributed by atoms with E-state index in [0.717, 1.165) is 21.9 Å². The molecular formula is C13H15N3OS2. The molecule has 0 saturated heterocycles. The van der Waals surface area contributed by atoms with E-state index in [1.54, 1.807) is 11.8 Å². The van der Waals surface area contributed by atoms with Crippen molar-refractivity contribution in [3.8, 4) is 0 Å². The molecule has 0 aliphatic carbocycles. The number of aryl methyl sites for hydroxylation is 2. The Kier molecular flexibility index (Phi) is 4.55. The molecule has 19 heavy (non-hydrogen) atoms. The molecule has 0 unspecified atom stereocenters. The van der Waals surface area contributed by atoms with E-state index in [-0.39, 0.29) is 5.91 Å². The smallest absolute Gasteiger partial charge is 0.257 e. The molecule has 0 radical (unpaired) electrons. The fourth-order valence-electron chi connectivity index (χ4n) is 1.58. The van der Waals surface area contributed by atoms with E-state index in [1.165, 1.54) is 11.3 Å². The highest BCUT2D eigenvalue weighted by molar-refractivity contribution is 7.98. The fraction of sp³-hybridized carbons (Fsp3) is 0.308. The maximum absolute atomic E-state index is 12.2. The van der Waals surface area contributed by atoms with Crippen LogP contribution >= 0.6 is 23.1 Å². The van der Waals surface area contributed by atoms with Gasteiger partial charge in [-0.25, -0.2) is 0 Å². The van der Waals surface area contributed by atoms with Crippen LogP contribution in [-0.2, 0) is 6.42 Å². The number of amides is 1. The number of nitrogens with one attached hydrogen (secondary N) is 1. The Morgan fingerprint density at radius 1 is 1.42 bits per heavy atom. The van der Waals surface area contributed by atoms with Crippen molar-refractivity contribution in [1.82, 2.24) is 10.2 Å². The van der Waals surface area contributed by atoms with Gasteiger partial charge in [0.05, 0.1) is 0 Å². The number of anilines is 1. The number of aromatic nitrogens is 2. The second kappa shape index (κ2) is 6.16. The molecule has 0 bridgehead atoms. The van der Waals surface area contributed by atoms with E-state index in [9.17, 15) is 4.79 Å². The number of thioether (sulfide) groups is 1. The fourth-order valence-corrected chi connectivity index (χ4v) is 2.70. The maximum atomic E-state index is 12.2. The molecular weight excluding hydrogens is 278 g/mol. The summed E-state index contributed by atoms with van der Waals surface area (Å²) in [6, 6.07) is 5.87. The molecule has 0 atom stereocenters. The van der Waals surface area contributed by atoms with Gasteiger partial charge in [0, 0.05) is 10.5 Å². The highest BCUT2D eigenvalue weighted by Gasteiger charge is 2.12. The van der Waals surface area contributed by atoms with Gasteiger partial charge in [-0.15, -0.1) is 22.0 Å². The first-order valence-electron chi connectivity index (χ1n) is 5.92. The molecule has 4 nitrogen and oxygen atoms in total. The molecule has 1 aromatic heterocycles. The van der Waals surface area contributed by atoms with Crippen molar-refractivity contribution in [2.75, 3.05) is 11.6 Å². The van der Waals surface area contributed by atoms with Crippen LogP contribution in [0.1, 0.15) is 27.9 Å². The molecule has 2 rings (SSSR count). The van der Waals surface area contributed by atoms with Crippen LogP contribution in [0.2, 0.25) is 0 Å². The minimum atomic E-state index is -0.132. The average molecular weight is 293 g/mol. The molecule has 0 saturated carbocycles. The van der Waals surface area contributed by atoms with Crippen molar-refractivity contribution in [3.05, 3.63) is 34.3 Å². The van der Waals surface area contributed by atoms with Crippen LogP contribution in [0.5, 0.6) is 0 Å². The number of benzene rings is 1. The van der Waals surface area contributed by atoms with Gasteiger partial charge in [-0.2, -0.15) is 0 Å². The summed E-state index contributed by atoms with van der Waals surface area (Å²) < 4.78 is 0. The Hall–Kier alpha value is -1.40. The highest BCUT2D eigenvalue weighted by atomic mass is 32.2. The Morgan fingerprint density at radius 3 is 2.84 bits per heavy atom. The predicted octanol–water partition coefficient (Wildman–Crippen LogP) is 3.38. The lowest BCUT2D eigenvalue weighted by Crippen LogP contribution is -2.13. The van der Waals surface area contributed by atoms with Crippen LogP contribution in [0, 0.1) is 6.92 Å². The van der Waals surface area contributed by atoms with Gasteiger partial charge in [-0.05, 0) is 37.3 Å².